The predicted molar refractivity (Wildman–Crippen MR) is 99.9 cm³/mol. The van der Waals surface area contributed by atoms with Gasteiger partial charge in [0, 0.05) is 10.3 Å². The number of ether oxygens (including phenoxy) is 2. The molecular weight excluding hydrogens is 502 g/mol. The number of halogens is 2. The van der Waals surface area contributed by atoms with Crippen LogP contribution in [-0.4, -0.2) is 22.7 Å². The molecule has 2 heterocycles. The summed E-state index contributed by atoms with van der Waals surface area (Å²) in [6.45, 7) is 17.2. The fourth-order valence-corrected chi connectivity index (χ4v) is 4.23. The summed E-state index contributed by atoms with van der Waals surface area (Å²) in [5.74, 6) is 3.81. The molecule has 2 aliphatic heterocycles. The minimum atomic E-state index is 0.374. The van der Waals surface area contributed by atoms with Crippen LogP contribution in [0.3, 0.4) is 0 Å². The van der Waals surface area contributed by atoms with Crippen molar-refractivity contribution in [3.63, 3.8) is 0 Å². The zero-order valence-corrected chi connectivity index (χ0v) is 18.9. The van der Waals surface area contributed by atoms with E-state index in [9.17, 15) is 3.02 Å². The maximum atomic E-state index is 9.31. The van der Waals surface area contributed by atoms with E-state index in [-0.39, 0.29) is 0 Å². The molecule has 0 aromatic heterocycles. The van der Waals surface area contributed by atoms with Crippen molar-refractivity contribution >= 4 is 22.6 Å². The van der Waals surface area contributed by atoms with Gasteiger partial charge in [-0.25, -0.2) is 0 Å². The molecule has 142 valence electrons. The van der Waals surface area contributed by atoms with E-state index < -0.39 is 0 Å². The summed E-state index contributed by atoms with van der Waals surface area (Å²) >= 11 is 3.87. The topological polar surface area (TPSA) is 18.5 Å². The second-order valence-electron chi connectivity index (χ2n) is 7.11. The molecule has 0 N–H and O–H groups in total. The van der Waals surface area contributed by atoms with Crippen molar-refractivity contribution in [1.82, 2.24) is 0 Å². The van der Waals surface area contributed by atoms with Crippen LogP contribution in [0.4, 0.5) is 3.02 Å². The van der Waals surface area contributed by atoms with Crippen molar-refractivity contribution in [2.75, 3.05) is 4.43 Å². The van der Waals surface area contributed by atoms with E-state index in [0.29, 0.717) is 24.2 Å². The van der Waals surface area contributed by atoms with Gasteiger partial charge in [-0.3, -0.25) is 0 Å². The van der Waals surface area contributed by atoms with E-state index >= 15 is 0 Å². The van der Waals surface area contributed by atoms with Crippen molar-refractivity contribution in [3.05, 3.63) is 12.3 Å². The van der Waals surface area contributed by atoms with Crippen LogP contribution in [0, 0.1) is 23.7 Å². The number of hydrogen-bond donors (Lipinski definition) is 0. The van der Waals surface area contributed by atoms with E-state index in [1.165, 1.54) is 34.5 Å². The first-order chi connectivity index (χ1) is 10.8. The van der Waals surface area contributed by atoms with Crippen LogP contribution in [0.2, 0.25) is 0 Å². The molecule has 0 saturated carbocycles. The van der Waals surface area contributed by atoms with E-state index in [1.807, 2.05) is 0 Å². The van der Waals surface area contributed by atoms with Gasteiger partial charge in [0.15, 0.2) is 0 Å². The minimum absolute atomic E-state index is 0.374. The van der Waals surface area contributed by atoms with Crippen molar-refractivity contribution in [1.29, 1.82) is 0 Å². The summed E-state index contributed by atoms with van der Waals surface area (Å²) in [6, 6.07) is 0. The summed E-state index contributed by atoms with van der Waals surface area (Å²) in [6.07, 6.45) is 3.74. The number of alkyl halides is 1. The van der Waals surface area contributed by atoms with E-state index in [0.717, 1.165) is 27.9 Å². The Balaban J connectivity index is 0.000000381. The Bertz CT molecular complexity index is 343. The van der Waals surface area contributed by atoms with Crippen LogP contribution in [0.1, 0.15) is 54.4 Å². The molecular formula is C18H33AgFIO2. The average Bonchev–Trinajstić information content (AvgIpc) is 2.51. The normalized spacial score (nSPS) is 40.1. The van der Waals surface area contributed by atoms with Gasteiger partial charge in [-0.1, -0.05) is 56.9 Å². The molecule has 7 atom stereocenters. The Morgan fingerprint density at radius 2 is 1.57 bits per heavy atom. The summed E-state index contributed by atoms with van der Waals surface area (Å²) in [5.41, 5.74) is 0. The van der Waals surface area contributed by atoms with Crippen LogP contribution in [0.25, 0.3) is 0 Å². The number of hydrogen-bond acceptors (Lipinski definition) is 2. The Morgan fingerprint density at radius 1 is 1.04 bits per heavy atom. The van der Waals surface area contributed by atoms with Gasteiger partial charge in [0.2, 0.25) is 0 Å². The van der Waals surface area contributed by atoms with Crippen LogP contribution in [0.15, 0.2) is 12.3 Å². The number of allylic oxidation sites excluding steroid dienone is 1. The second-order valence-corrected chi connectivity index (χ2v) is 7.99. The average molecular weight is 535 g/mol. The molecule has 2 aliphatic rings. The molecule has 2 saturated heterocycles. The van der Waals surface area contributed by atoms with Crippen molar-refractivity contribution in [2.45, 2.75) is 72.7 Å². The van der Waals surface area contributed by atoms with Crippen LogP contribution >= 0.6 is 22.6 Å². The molecule has 0 spiro atoms. The fourth-order valence-electron chi connectivity index (χ4n) is 3.22. The molecule has 0 aliphatic carbocycles. The van der Waals surface area contributed by atoms with Crippen LogP contribution in [-0.2, 0) is 31.1 Å². The van der Waals surface area contributed by atoms with Crippen molar-refractivity contribution in [3.8, 4) is 0 Å². The Hall–Kier alpha value is 0.900. The Morgan fingerprint density at radius 3 is 2.04 bits per heavy atom. The van der Waals surface area contributed by atoms with Crippen LogP contribution < -0.4 is 0 Å². The molecule has 23 heavy (non-hydrogen) atoms. The molecule has 2 rings (SSSR count). The second kappa shape index (κ2) is 12.3. The van der Waals surface area contributed by atoms with Gasteiger partial charge in [0.25, 0.3) is 0 Å². The fraction of sp³-hybridized carbons (Fsp3) is 0.889. The molecule has 0 radical (unpaired) electrons. The van der Waals surface area contributed by atoms with E-state index in [2.05, 4.69) is 70.7 Å². The summed E-state index contributed by atoms with van der Waals surface area (Å²) in [7, 11) is 0. The molecule has 0 aromatic carbocycles. The first kappa shape index (κ1) is 23.9. The van der Waals surface area contributed by atoms with Crippen LogP contribution in [0.5, 0.6) is 0 Å². The van der Waals surface area contributed by atoms with Gasteiger partial charge >= 0.3 is 24.6 Å². The zero-order chi connectivity index (χ0) is 18.2. The third kappa shape index (κ3) is 8.21. The summed E-state index contributed by atoms with van der Waals surface area (Å²) in [4.78, 5) is 0. The third-order valence-electron chi connectivity index (χ3n) is 5.16. The summed E-state index contributed by atoms with van der Waals surface area (Å²) < 4.78 is 21.7. The van der Waals surface area contributed by atoms with Gasteiger partial charge < -0.3 is 9.47 Å². The molecule has 7 unspecified atom stereocenters. The van der Waals surface area contributed by atoms with Gasteiger partial charge in [-0.2, -0.15) is 0 Å². The standard InChI is InChI=1S/C9H17IO.C9H16O.Ag.FH/c1-6-4-7(2)11-9(5-10)8(6)3;1-6-5-7(2)10-9(4)8(6)3;;/h6-9H,4-5H2,1-3H3;6-8H,4-5H2,1-3H3;;1H/q;;+1;/p-1. The SMILES string of the molecule is C=C1OC(C)CC(C)C1C.CC1CC(C)C(C)C(CI)O1.[F][Ag]. The van der Waals surface area contributed by atoms with Gasteiger partial charge in [0.1, 0.15) is 0 Å². The quantitative estimate of drug-likeness (QED) is 0.238. The van der Waals surface area contributed by atoms with Crippen molar-refractivity contribution in [2.24, 2.45) is 23.7 Å². The Labute approximate surface area is 169 Å². The van der Waals surface area contributed by atoms with E-state index in [1.54, 1.807) is 0 Å². The Kier molecular flexibility index (Phi) is 12.8. The zero-order valence-electron chi connectivity index (χ0n) is 15.2. The molecule has 2 fully saturated rings. The van der Waals surface area contributed by atoms with E-state index in [4.69, 9.17) is 9.47 Å². The number of rotatable bonds is 1. The predicted octanol–water partition coefficient (Wildman–Crippen LogP) is 5.87. The van der Waals surface area contributed by atoms with Gasteiger partial charge in [-0.05, 0) is 44.4 Å². The molecule has 0 aromatic rings. The first-order valence-corrected chi connectivity index (χ1v) is 10.5. The summed E-state index contributed by atoms with van der Waals surface area (Å²) in [5, 5.41) is 0. The monoisotopic (exact) mass is 534 g/mol. The molecule has 2 nitrogen and oxygen atoms in total. The molecule has 5 heteroatoms. The first-order valence-electron chi connectivity index (χ1n) is 8.44. The molecule has 0 bridgehead atoms. The van der Waals surface area contributed by atoms with Gasteiger partial charge in [0.05, 0.1) is 24.1 Å². The van der Waals surface area contributed by atoms with Crippen molar-refractivity contribution < 1.29 is 34.1 Å². The maximum absolute atomic E-state index is 9.31. The third-order valence-corrected chi connectivity index (χ3v) is 6.03. The van der Waals surface area contributed by atoms with Gasteiger partial charge in [-0.15, -0.1) is 0 Å². The molecule has 0 amide bonds.